The number of nitrogen functional groups attached to an aromatic ring is 1. The zero-order chi connectivity index (χ0) is 14.8. The number of halogens is 1. The third-order valence-electron chi connectivity index (χ3n) is 2.99. The molecule has 7 heteroatoms. The van der Waals surface area contributed by atoms with Gasteiger partial charge in [-0.05, 0) is 23.8 Å². The minimum atomic E-state index is -0.196. The van der Waals surface area contributed by atoms with Gasteiger partial charge in [0.15, 0.2) is 0 Å². The van der Waals surface area contributed by atoms with Crippen molar-refractivity contribution < 1.29 is 4.79 Å². The molecule has 0 aliphatic rings. The maximum atomic E-state index is 12.2. The summed E-state index contributed by atoms with van der Waals surface area (Å²) in [4.78, 5) is 13.4. The Kier molecular flexibility index (Phi) is 3.85. The molecule has 0 spiro atoms. The van der Waals surface area contributed by atoms with Crippen LogP contribution in [0.2, 0.25) is 0 Å². The second-order valence-electron chi connectivity index (χ2n) is 4.40. The zero-order valence-electron chi connectivity index (χ0n) is 10.8. The minimum Gasteiger partial charge on any atom is -0.397 e. The van der Waals surface area contributed by atoms with Gasteiger partial charge in [-0.1, -0.05) is 28.1 Å². The number of benzene rings is 1. The highest BCUT2D eigenvalue weighted by Crippen LogP contribution is 2.31. The molecule has 1 aromatic carbocycles. The van der Waals surface area contributed by atoms with Crippen LogP contribution in [0.15, 0.2) is 41.0 Å². The van der Waals surface area contributed by atoms with E-state index >= 15 is 0 Å². The van der Waals surface area contributed by atoms with Gasteiger partial charge in [0.25, 0.3) is 5.91 Å². The SMILES string of the molecule is Nc1c(C(=O)NCc2ccc(Br)cc2)sc2nnccc12. The topological polar surface area (TPSA) is 80.9 Å². The Hall–Kier alpha value is -1.99. The quantitative estimate of drug-likeness (QED) is 0.750. The van der Waals surface area contributed by atoms with E-state index in [1.807, 2.05) is 24.3 Å². The van der Waals surface area contributed by atoms with Crippen LogP contribution in [0.3, 0.4) is 0 Å². The van der Waals surface area contributed by atoms with E-state index in [9.17, 15) is 4.79 Å². The van der Waals surface area contributed by atoms with Crippen molar-refractivity contribution in [2.45, 2.75) is 6.54 Å². The highest BCUT2D eigenvalue weighted by atomic mass is 79.9. The molecule has 0 fully saturated rings. The summed E-state index contributed by atoms with van der Waals surface area (Å²) in [5.41, 5.74) is 7.48. The zero-order valence-corrected chi connectivity index (χ0v) is 13.2. The summed E-state index contributed by atoms with van der Waals surface area (Å²) in [5.74, 6) is -0.196. The summed E-state index contributed by atoms with van der Waals surface area (Å²) in [6.45, 7) is 0.450. The number of nitrogens with zero attached hydrogens (tertiary/aromatic N) is 2. The molecule has 2 heterocycles. The largest absolute Gasteiger partial charge is 0.397 e. The van der Waals surface area contributed by atoms with E-state index in [2.05, 4.69) is 31.4 Å². The molecular formula is C14H11BrN4OS. The van der Waals surface area contributed by atoms with E-state index in [4.69, 9.17) is 5.73 Å². The first-order chi connectivity index (χ1) is 10.1. The molecule has 2 aromatic heterocycles. The Bertz CT molecular complexity index is 800. The van der Waals surface area contributed by atoms with Crippen molar-refractivity contribution in [1.82, 2.24) is 15.5 Å². The van der Waals surface area contributed by atoms with E-state index in [1.54, 1.807) is 12.3 Å². The molecule has 3 aromatic rings. The van der Waals surface area contributed by atoms with Crippen LogP contribution < -0.4 is 11.1 Å². The first-order valence-corrected chi connectivity index (χ1v) is 7.78. The molecular weight excluding hydrogens is 352 g/mol. The molecule has 5 nitrogen and oxygen atoms in total. The lowest BCUT2D eigenvalue weighted by atomic mass is 10.2. The van der Waals surface area contributed by atoms with Gasteiger partial charge in [-0.15, -0.1) is 16.4 Å². The summed E-state index contributed by atoms with van der Waals surface area (Å²) in [5, 5.41) is 11.4. The van der Waals surface area contributed by atoms with Crippen LogP contribution in [0, 0.1) is 0 Å². The number of anilines is 1. The van der Waals surface area contributed by atoms with Gasteiger partial charge in [0.1, 0.15) is 9.71 Å². The van der Waals surface area contributed by atoms with Gasteiger partial charge < -0.3 is 11.1 Å². The first-order valence-electron chi connectivity index (χ1n) is 6.17. The molecule has 0 aliphatic carbocycles. The number of hydrogen-bond donors (Lipinski definition) is 2. The lowest BCUT2D eigenvalue weighted by Gasteiger charge is -2.04. The smallest absolute Gasteiger partial charge is 0.263 e. The third kappa shape index (κ3) is 2.88. The number of amides is 1. The normalized spacial score (nSPS) is 10.7. The standard InChI is InChI=1S/C14H11BrN4OS/c15-9-3-1-8(2-4-9)7-17-13(20)12-11(16)10-5-6-18-19-14(10)21-12/h1-6H,7,16H2,(H,17,20). The predicted molar refractivity (Wildman–Crippen MR) is 87.1 cm³/mol. The molecule has 0 aliphatic heterocycles. The van der Waals surface area contributed by atoms with E-state index in [1.165, 1.54) is 11.3 Å². The van der Waals surface area contributed by atoms with Gasteiger partial charge in [-0.25, -0.2) is 0 Å². The number of thiophene rings is 1. The Morgan fingerprint density at radius 1 is 1.29 bits per heavy atom. The van der Waals surface area contributed by atoms with Crippen LogP contribution in [0.5, 0.6) is 0 Å². The number of carbonyl (C=O) groups is 1. The Balaban J connectivity index is 1.78. The predicted octanol–water partition coefficient (Wildman–Crippen LogP) is 2.97. The van der Waals surface area contributed by atoms with Gasteiger partial charge in [0.05, 0.1) is 11.9 Å². The fourth-order valence-corrected chi connectivity index (χ4v) is 3.13. The van der Waals surface area contributed by atoms with Crippen LogP contribution in [-0.2, 0) is 6.54 Å². The summed E-state index contributed by atoms with van der Waals surface area (Å²) in [6, 6.07) is 9.53. The van der Waals surface area contributed by atoms with Crippen LogP contribution in [0.4, 0.5) is 5.69 Å². The van der Waals surface area contributed by atoms with Gasteiger partial charge in [-0.3, -0.25) is 4.79 Å². The van der Waals surface area contributed by atoms with E-state index in [0.717, 1.165) is 15.4 Å². The number of fused-ring (bicyclic) bond motifs is 1. The second-order valence-corrected chi connectivity index (χ2v) is 6.32. The van der Waals surface area contributed by atoms with Crippen LogP contribution in [-0.4, -0.2) is 16.1 Å². The Morgan fingerprint density at radius 3 is 2.76 bits per heavy atom. The molecule has 0 radical (unpaired) electrons. The average Bonchev–Trinajstić information content (AvgIpc) is 2.84. The molecule has 21 heavy (non-hydrogen) atoms. The molecule has 106 valence electrons. The lowest BCUT2D eigenvalue weighted by molar-refractivity contribution is 0.0956. The number of rotatable bonds is 3. The van der Waals surface area contributed by atoms with Gasteiger partial charge in [0, 0.05) is 16.4 Å². The molecule has 0 atom stereocenters. The van der Waals surface area contributed by atoms with Crippen molar-refractivity contribution in [3.8, 4) is 0 Å². The van der Waals surface area contributed by atoms with Gasteiger partial charge in [-0.2, -0.15) is 5.10 Å². The fourth-order valence-electron chi connectivity index (χ4n) is 1.91. The summed E-state index contributed by atoms with van der Waals surface area (Å²) >= 11 is 4.63. The van der Waals surface area contributed by atoms with E-state index in [-0.39, 0.29) is 5.91 Å². The van der Waals surface area contributed by atoms with Crippen LogP contribution >= 0.6 is 27.3 Å². The van der Waals surface area contributed by atoms with Crippen molar-refractivity contribution in [1.29, 1.82) is 0 Å². The van der Waals surface area contributed by atoms with Crippen LogP contribution in [0.25, 0.3) is 10.2 Å². The number of nitrogens with two attached hydrogens (primary N) is 1. The lowest BCUT2D eigenvalue weighted by Crippen LogP contribution is -2.22. The maximum absolute atomic E-state index is 12.2. The molecule has 1 amide bonds. The van der Waals surface area contributed by atoms with Crippen molar-refractivity contribution in [2.24, 2.45) is 0 Å². The fraction of sp³-hybridized carbons (Fsp3) is 0.0714. The summed E-state index contributed by atoms with van der Waals surface area (Å²) < 4.78 is 1.00. The highest BCUT2D eigenvalue weighted by Gasteiger charge is 2.16. The number of carbonyl (C=O) groups excluding carboxylic acids is 1. The van der Waals surface area contributed by atoms with Gasteiger partial charge in [0.2, 0.25) is 0 Å². The monoisotopic (exact) mass is 362 g/mol. The minimum absolute atomic E-state index is 0.196. The Morgan fingerprint density at radius 2 is 2.05 bits per heavy atom. The van der Waals surface area contributed by atoms with Crippen LogP contribution in [0.1, 0.15) is 15.2 Å². The number of aromatic nitrogens is 2. The van der Waals surface area contributed by atoms with Crippen molar-refractivity contribution in [3.05, 3.63) is 51.4 Å². The van der Waals surface area contributed by atoms with Crippen molar-refractivity contribution >= 4 is 49.1 Å². The van der Waals surface area contributed by atoms with E-state index in [0.29, 0.717) is 21.9 Å². The molecule has 0 saturated carbocycles. The highest BCUT2D eigenvalue weighted by molar-refractivity contribution is 9.10. The average molecular weight is 363 g/mol. The molecule has 0 bridgehead atoms. The molecule has 0 unspecified atom stereocenters. The number of nitrogens with one attached hydrogen (secondary N) is 1. The third-order valence-corrected chi connectivity index (χ3v) is 4.63. The number of hydrogen-bond acceptors (Lipinski definition) is 5. The van der Waals surface area contributed by atoms with Gasteiger partial charge >= 0.3 is 0 Å². The molecule has 3 N–H and O–H groups in total. The first kappa shape index (κ1) is 14.0. The summed E-state index contributed by atoms with van der Waals surface area (Å²) in [6.07, 6.45) is 1.56. The van der Waals surface area contributed by atoms with E-state index < -0.39 is 0 Å². The van der Waals surface area contributed by atoms with Crippen molar-refractivity contribution in [3.63, 3.8) is 0 Å². The summed E-state index contributed by atoms with van der Waals surface area (Å²) in [7, 11) is 0. The van der Waals surface area contributed by atoms with Crippen molar-refractivity contribution in [2.75, 3.05) is 5.73 Å². The Labute approximate surface area is 133 Å². The molecule has 0 saturated heterocycles. The maximum Gasteiger partial charge on any atom is 0.263 e. The second kappa shape index (κ2) is 5.79. The molecule has 3 rings (SSSR count).